The summed E-state index contributed by atoms with van der Waals surface area (Å²) in [4.78, 5) is 0. The summed E-state index contributed by atoms with van der Waals surface area (Å²) >= 11 is 0. The Morgan fingerprint density at radius 1 is 1.56 bits per heavy atom. The van der Waals surface area contributed by atoms with Crippen LogP contribution in [-0.2, 0) is 10.0 Å². The SMILES string of the molecule is [CH2]C(C)(C)CS(N)(=O)=O. The van der Waals surface area contributed by atoms with Gasteiger partial charge in [-0.1, -0.05) is 13.8 Å². The van der Waals surface area contributed by atoms with Crippen molar-refractivity contribution < 1.29 is 8.42 Å². The quantitative estimate of drug-likeness (QED) is 0.608. The second-order valence-electron chi connectivity index (χ2n) is 2.97. The van der Waals surface area contributed by atoms with Gasteiger partial charge in [0.2, 0.25) is 10.0 Å². The molecule has 2 N–H and O–H groups in total. The molecule has 0 unspecified atom stereocenters. The molecule has 0 aromatic heterocycles. The molecule has 9 heavy (non-hydrogen) atoms. The van der Waals surface area contributed by atoms with Crippen LogP contribution in [0.4, 0.5) is 0 Å². The van der Waals surface area contributed by atoms with Gasteiger partial charge in [-0.25, -0.2) is 13.6 Å². The van der Waals surface area contributed by atoms with E-state index in [0.717, 1.165) is 0 Å². The van der Waals surface area contributed by atoms with E-state index in [4.69, 9.17) is 5.14 Å². The fourth-order valence-electron chi connectivity index (χ4n) is 0.545. The van der Waals surface area contributed by atoms with E-state index in [2.05, 4.69) is 6.92 Å². The van der Waals surface area contributed by atoms with Crippen molar-refractivity contribution in [2.24, 2.45) is 10.6 Å². The van der Waals surface area contributed by atoms with Gasteiger partial charge in [-0.15, -0.1) is 0 Å². The van der Waals surface area contributed by atoms with Gasteiger partial charge < -0.3 is 0 Å². The molecule has 0 heterocycles. The third-order valence-corrected chi connectivity index (χ3v) is 1.78. The van der Waals surface area contributed by atoms with Crippen molar-refractivity contribution >= 4 is 10.0 Å². The van der Waals surface area contributed by atoms with E-state index < -0.39 is 15.4 Å². The summed E-state index contributed by atoms with van der Waals surface area (Å²) in [7, 11) is -3.34. The van der Waals surface area contributed by atoms with Crippen LogP contribution in [0, 0.1) is 12.3 Å². The first kappa shape index (κ1) is 8.91. The Balaban J connectivity index is 4.07. The van der Waals surface area contributed by atoms with Crippen LogP contribution < -0.4 is 5.14 Å². The molecule has 0 saturated carbocycles. The third kappa shape index (κ3) is 7.91. The zero-order valence-corrected chi connectivity index (χ0v) is 6.53. The average Bonchev–Trinajstić information content (AvgIpc) is 1.14. The second-order valence-corrected chi connectivity index (χ2v) is 4.59. The molecule has 0 aliphatic carbocycles. The Morgan fingerprint density at radius 3 is 1.89 bits per heavy atom. The van der Waals surface area contributed by atoms with E-state index >= 15 is 0 Å². The summed E-state index contributed by atoms with van der Waals surface area (Å²) in [6, 6.07) is 0. The monoisotopic (exact) mass is 150 g/mol. The smallest absolute Gasteiger partial charge is 0.209 e. The Labute approximate surface area is 56.3 Å². The molecule has 0 saturated heterocycles. The number of nitrogens with two attached hydrogens (primary N) is 1. The lowest BCUT2D eigenvalue weighted by Gasteiger charge is -2.14. The fraction of sp³-hybridized carbons (Fsp3) is 0.800. The van der Waals surface area contributed by atoms with Gasteiger partial charge in [0.1, 0.15) is 0 Å². The molecular weight excluding hydrogens is 138 g/mol. The highest BCUT2D eigenvalue weighted by Crippen LogP contribution is 2.13. The topological polar surface area (TPSA) is 60.2 Å². The van der Waals surface area contributed by atoms with Crippen molar-refractivity contribution in [3.8, 4) is 0 Å². The number of hydrogen-bond acceptors (Lipinski definition) is 2. The molecule has 0 atom stereocenters. The first-order valence-electron chi connectivity index (χ1n) is 2.56. The third-order valence-electron chi connectivity index (χ3n) is 0.592. The molecule has 1 radical (unpaired) electrons. The van der Waals surface area contributed by atoms with E-state index in [0.29, 0.717) is 0 Å². The van der Waals surface area contributed by atoms with Crippen molar-refractivity contribution in [1.29, 1.82) is 0 Å². The summed E-state index contributed by atoms with van der Waals surface area (Å²) in [5.74, 6) is -0.0694. The van der Waals surface area contributed by atoms with E-state index in [1.165, 1.54) is 0 Å². The van der Waals surface area contributed by atoms with Gasteiger partial charge in [-0.3, -0.25) is 0 Å². The van der Waals surface area contributed by atoms with Crippen LogP contribution in [0.5, 0.6) is 0 Å². The van der Waals surface area contributed by atoms with Gasteiger partial charge in [0.05, 0.1) is 5.75 Å². The summed E-state index contributed by atoms with van der Waals surface area (Å²) in [6.45, 7) is 7.04. The molecule has 0 fully saturated rings. The maximum absolute atomic E-state index is 10.4. The molecule has 0 aromatic rings. The van der Waals surface area contributed by atoms with Gasteiger partial charge in [0.15, 0.2) is 0 Å². The van der Waals surface area contributed by atoms with Crippen molar-refractivity contribution in [1.82, 2.24) is 0 Å². The minimum Gasteiger partial charge on any atom is -0.229 e. The van der Waals surface area contributed by atoms with Crippen LogP contribution in [0.1, 0.15) is 13.8 Å². The van der Waals surface area contributed by atoms with Crippen molar-refractivity contribution in [3.63, 3.8) is 0 Å². The number of hydrogen-bond donors (Lipinski definition) is 1. The molecule has 3 nitrogen and oxygen atoms in total. The van der Waals surface area contributed by atoms with Gasteiger partial charge in [0, 0.05) is 0 Å². The van der Waals surface area contributed by atoms with E-state index in [9.17, 15) is 8.42 Å². The minimum absolute atomic E-state index is 0.0694. The van der Waals surface area contributed by atoms with E-state index in [1.807, 2.05) is 0 Å². The Kier molecular flexibility index (Phi) is 2.24. The Hall–Kier alpha value is -0.0900. The van der Waals surface area contributed by atoms with Crippen LogP contribution in [0.25, 0.3) is 0 Å². The second kappa shape index (κ2) is 2.27. The first-order chi connectivity index (χ1) is 3.71. The minimum atomic E-state index is -3.34. The molecule has 4 heteroatoms. The predicted molar refractivity (Wildman–Crippen MR) is 37.1 cm³/mol. The van der Waals surface area contributed by atoms with Crippen LogP contribution in [0.3, 0.4) is 0 Å². The lowest BCUT2D eigenvalue weighted by molar-refractivity contribution is 0.517. The number of rotatable bonds is 2. The highest BCUT2D eigenvalue weighted by Gasteiger charge is 2.17. The van der Waals surface area contributed by atoms with Crippen LogP contribution in [0.2, 0.25) is 0 Å². The predicted octanol–water partition coefficient (Wildman–Crippen LogP) is 0.135. The Morgan fingerprint density at radius 2 is 1.89 bits per heavy atom. The van der Waals surface area contributed by atoms with Crippen molar-refractivity contribution in [3.05, 3.63) is 6.92 Å². The van der Waals surface area contributed by atoms with Crippen molar-refractivity contribution in [2.45, 2.75) is 13.8 Å². The van der Waals surface area contributed by atoms with Crippen molar-refractivity contribution in [2.75, 3.05) is 5.75 Å². The Bertz CT molecular complexity index is 176. The summed E-state index contributed by atoms with van der Waals surface area (Å²) in [6.07, 6.45) is 0. The normalized spacial score (nSPS) is 13.8. The molecular formula is C5H12NO2S. The highest BCUT2D eigenvalue weighted by atomic mass is 32.2. The number of sulfonamides is 1. The molecule has 0 rings (SSSR count). The van der Waals surface area contributed by atoms with E-state index in [-0.39, 0.29) is 5.75 Å². The molecule has 55 valence electrons. The molecule has 0 amide bonds. The standard InChI is InChI=1S/C5H12NO2S/c1-5(2,3)4-9(6,7)8/h1,4H2,2-3H3,(H2,6,7,8). The summed E-state index contributed by atoms with van der Waals surface area (Å²) in [5, 5.41) is 4.75. The van der Waals surface area contributed by atoms with Crippen LogP contribution in [0.15, 0.2) is 0 Å². The molecule has 0 aliphatic heterocycles. The van der Waals surface area contributed by atoms with Gasteiger partial charge in [0.25, 0.3) is 0 Å². The van der Waals surface area contributed by atoms with Crippen LogP contribution >= 0.6 is 0 Å². The molecule has 0 spiro atoms. The lowest BCUT2D eigenvalue weighted by atomic mass is 10.0. The maximum atomic E-state index is 10.4. The fourth-order valence-corrected chi connectivity index (χ4v) is 1.63. The largest absolute Gasteiger partial charge is 0.229 e. The summed E-state index contributed by atoms with van der Waals surface area (Å²) < 4.78 is 20.8. The van der Waals surface area contributed by atoms with Gasteiger partial charge in [-0.05, 0) is 12.3 Å². The zero-order chi connectivity index (χ0) is 7.71. The molecule has 0 aromatic carbocycles. The van der Waals surface area contributed by atoms with Gasteiger partial charge >= 0.3 is 0 Å². The zero-order valence-electron chi connectivity index (χ0n) is 5.72. The van der Waals surface area contributed by atoms with Gasteiger partial charge in [-0.2, -0.15) is 0 Å². The van der Waals surface area contributed by atoms with E-state index in [1.54, 1.807) is 13.8 Å². The van der Waals surface area contributed by atoms with Crippen LogP contribution in [-0.4, -0.2) is 14.2 Å². The average molecular weight is 150 g/mol. The maximum Gasteiger partial charge on any atom is 0.209 e. The first-order valence-corrected chi connectivity index (χ1v) is 4.28. The lowest BCUT2D eigenvalue weighted by Crippen LogP contribution is -2.26. The molecule has 0 aliphatic rings. The number of primary sulfonamides is 1. The summed E-state index contributed by atoms with van der Waals surface area (Å²) in [5.41, 5.74) is -0.479. The highest BCUT2D eigenvalue weighted by molar-refractivity contribution is 7.89. The molecule has 0 bridgehead atoms.